The first-order chi connectivity index (χ1) is 8.45. The minimum absolute atomic E-state index is 0.0111. The molecule has 0 unspecified atom stereocenters. The van der Waals surface area contributed by atoms with Crippen LogP contribution in [0.25, 0.3) is 0 Å². The van der Waals surface area contributed by atoms with Crippen molar-refractivity contribution in [2.75, 3.05) is 0 Å². The topological polar surface area (TPSA) is 63.6 Å². The van der Waals surface area contributed by atoms with Gasteiger partial charge in [-0.3, -0.25) is 9.59 Å². The second-order valence-electron chi connectivity index (χ2n) is 4.97. The second kappa shape index (κ2) is 6.69. The van der Waals surface area contributed by atoms with E-state index in [2.05, 4.69) is 0 Å². The molecule has 1 aliphatic heterocycles. The van der Waals surface area contributed by atoms with E-state index in [-0.39, 0.29) is 11.8 Å². The molecule has 0 saturated carbocycles. The number of aliphatic hydroxyl groups is 1. The molecule has 18 heavy (non-hydrogen) atoms. The minimum Gasteiger partial charge on any atom is -0.459 e. The number of carbonyl (C=O) groups is 2. The summed E-state index contributed by atoms with van der Waals surface area (Å²) in [6.07, 6.45) is 5.93. The molecule has 1 N–H and O–H groups in total. The molecule has 0 fully saturated rings. The number of cyclic esters (lactones) is 1. The largest absolute Gasteiger partial charge is 0.459 e. The molecule has 0 aromatic rings. The van der Waals surface area contributed by atoms with Crippen LogP contribution in [0.4, 0.5) is 0 Å². The van der Waals surface area contributed by atoms with Gasteiger partial charge in [0.05, 0.1) is 0 Å². The Balaban J connectivity index is 2.84. The zero-order chi connectivity index (χ0) is 13.6. The van der Waals surface area contributed by atoms with Crippen molar-refractivity contribution in [2.45, 2.75) is 64.1 Å². The van der Waals surface area contributed by atoms with Gasteiger partial charge in [-0.05, 0) is 38.3 Å². The van der Waals surface area contributed by atoms with Crippen LogP contribution >= 0.6 is 0 Å². The fraction of sp³-hybridized carbons (Fsp3) is 0.714. The van der Waals surface area contributed by atoms with E-state index in [1.54, 1.807) is 6.92 Å². The van der Waals surface area contributed by atoms with Gasteiger partial charge in [0.1, 0.15) is 11.7 Å². The van der Waals surface area contributed by atoms with E-state index in [0.29, 0.717) is 19.3 Å². The number of carbonyl (C=O) groups excluding carboxylic acids is 2. The Morgan fingerprint density at radius 3 is 2.67 bits per heavy atom. The molecular formula is C14H22O4. The van der Waals surface area contributed by atoms with Crippen LogP contribution in [-0.4, -0.2) is 28.6 Å². The second-order valence-corrected chi connectivity index (χ2v) is 4.97. The summed E-state index contributed by atoms with van der Waals surface area (Å²) >= 11 is 0. The van der Waals surface area contributed by atoms with Gasteiger partial charge in [0.15, 0.2) is 5.78 Å². The molecule has 1 heterocycles. The molecular weight excluding hydrogens is 232 g/mol. The number of hydrogen-bond donors (Lipinski definition) is 1. The predicted molar refractivity (Wildman–Crippen MR) is 68.0 cm³/mol. The first kappa shape index (κ1) is 14.9. The van der Waals surface area contributed by atoms with E-state index in [9.17, 15) is 14.7 Å². The van der Waals surface area contributed by atoms with Crippen molar-refractivity contribution in [3.05, 3.63) is 12.2 Å². The van der Waals surface area contributed by atoms with Crippen LogP contribution in [0.3, 0.4) is 0 Å². The van der Waals surface area contributed by atoms with Crippen molar-refractivity contribution in [3.63, 3.8) is 0 Å². The standard InChI is InChI=1S/C14H22O4/c1-3-12-14(2,17)10-9-11(15)7-5-4-6-8-13(16)18-12/h9-10,12,17H,3-8H2,1-2H3/b10-9+/t12-,14+/m1/s1. The Morgan fingerprint density at radius 2 is 2.00 bits per heavy atom. The summed E-state index contributed by atoms with van der Waals surface area (Å²) in [5.74, 6) is -0.264. The zero-order valence-electron chi connectivity index (χ0n) is 11.1. The molecule has 0 aliphatic carbocycles. The highest BCUT2D eigenvalue weighted by molar-refractivity contribution is 5.89. The summed E-state index contributed by atoms with van der Waals surface area (Å²) < 4.78 is 5.27. The Morgan fingerprint density at radius 1 is 1.33 bits per heavy atom. The van der Waals surface area contributed by atoms with Gasteiger partial charge >= 0.3 is 5.97 Å². The number of rotatable bonds is 1. The summed E-state index contributed by atoms with van der Waals surface area (Å²) in [6.45, 7) is 3.40. The highest BCUT2D eigenvalue weighted by Crippen LogP contribution is 2.20. The first-order valence-electron chi connectivity index (χ1n) is 6.59. The highest BCUT2D eigenvalue weighted by atomic mass is 16.6. The number of ketones is 1. The van der Waals surface area contributed by atoms with Crippen LogP contribution in [0, 0.1) is 0 Å². The SMILES string of the molecule is CC[C@H]1OC(=O)CCCCCC(=O)/C=C/[C@]1(C)O. The Hall–Kier alpha value is -1.16. The fourth-order valence-corrected chi connectivity index (χ4v) is 2.03. The maximum absolute atomic E-state index is 11.6. The molecule has 4 nitrogen and oxygen atoms in total. The molecule has 0 radical (unpaired) electrons. The molecule has 4 heteroatoms. The average Bonchev–Trinajstić information content (AvgIpc) is 2.31. The molecule has 0 spiro atoms. The number of ether oxygens (including phenoxy) is 1. The van der Waals surface area contributed by atoms with Crippen LogP contribution < -0.4 is 0 Å². The van der Waals surface area contributed by atoms with Gasteiger partial charge in [-0.15, -0.1) is 0 Å². The van der Waals surface area contributed by atoms with Crippen molar-refractivity contribution in [3.8, 4) is 0 Å². The van der Waals surface area contributed by atoms with Crippen LogP contribution in [-0.2, 0) is 14.3 Å². The van der Waals surface area contributed by atoms with E-state index in [1.165, 1.54) is 12.2 Å². The summed E-state index contributed by atoms with van der Waals surface area (Å²) in [4.78, 5) is 23.1. The van der Waals surface area contributed by atoms with Gasteiger partial charge < -0.3 is 9.84 Å². The lowest BCUT2D eigenvalue weighted by Gasteiger charge is -2.29. The summed E-state index contributed by atoms with van der Waals surface area (Å²) in [7, 11) is 0. The van der Waals surface area contributed by atoms with Gasteiger partial charge in [-0.2, -0.15) is 0 Å². The van der Waals surface area contributed by atoms with Crippen LogP contribution in [0.1, 0.15) is 52.4 Å². The van der Waals surface area contributed by atoms with Crippen LogP contribution in [0.2, 0.25) is 0 Å². The molecule has 0 amide bonds. The molecule has 1 aliphatic rings. The number of esters is 1. The third-order valence-corrected chi connectivity index (χ3v) is 3.21. The van der Waals surface area contributed by atoms with Gasteiger partial charge in [0.2, 0.25) is 0 Å². The van der Waals surface area contributed by atoms with Gasteiger partial charge in [0, 0.05) is 12.8 Å². The Kier molecular flexibility index (Phi) is 5.54. The normalized spacial score (nSPS) is 33.2. The fourth-order valence-electron chi connectivity index (χ4n) is 2.03. The van der Waals surface area contributed by atoms with Crippen LogP contribution in [0.15, 0.2) is 12.2 Å². The van der Waals surface area contributed by atoms with E-state index in [4.69, 9.17) is 4.74 Å². The summed E-state index contributed by atoms with van der Waals surface area (Å²) in [5, 5.41) is 10.2. The smallest absolute Gasteiger partial charge is 0.306 e. The zero-order valence-corrected chi connectivity index (χ0v) is 11.1. The van der Waals surface area contributed by atoms with Crippen molar-refractivity contribution >= 4 is 11.8 Å². The third kappa shape index (κ3) is 4.61. The molecule has 2 atom stereocenters. The molecule has 0 saturated heterocycles. The van der Waals surface area contributed by atoms with Crippen molar-refractivity contribution in [1.29, 1.82) is 0 Å². The van der Waals surface area contributed by atoms with Crippen molar-refractivity contribution in [1.82, 2.24) is 0 Å². The van der Waals surface area contributed by atoms with Crippen molar-refractivity contribution in [2.24, 2.45) is 0 Å². The highest BCUT2D eigenvalue weighted by Gasteiger charge is 2.31. The van der Waals surface area contributed by atoms with Crippen LogP contribution in [0.5, 0.6) is 0 Å². The average molecular weight is 254 g/mol. The maximum Gasteiger partial charge on any atom is 0.306 e. The van der Waals surface area contributed by atoms with Crippen molar-refractivity contribution < 1.29 is 19.4 Å². The minimum atomic E-state index is -1.29. The lowest BCUT2D eigenvalue weighted by atomic mass is 9.95. The first-order valence-corrected chi connectivity index (χ1v) is 6.59. The van der Waals surface area contributed by atoms with E-state index in [1.807, 2.05) is 6.92 Å². The molecule has 0 bridgehead atoms. The Bertz CT molecular complexity index is 331. The lowest BCUT2D eigenvalue weighted by molar-refractivity contribution is -0.159. The molecule has 0 aromatic carbocycles. The maximum atomic E-state index is 11.6. The van der Waals surface area contributed by atoms with E-state index in [0.717, 1.165) is 19.3 Å². The molecule has 102 valence electrons. The van der Waals surface area contributed by atoms with Gasteiger partial charge in [-0.25, -0.2) is 0 Å². The van der Waals surface area contributed by atoms with E-state index < -0.39 is 11.7 Å². The van der Waals surface area contributed by atoms with E-state index >= 15 is 0 Å². The lowest BCUT2D eigenvalue weighted by Crippen LogP contribution is -2.40. The quantitative estimate of drug-likeness (QED) is 0.728. The predicted octanol–water partition coefficient (Wildman–Crippen LogP) is 2.15. The van der Waals surface area contributed by atoms with Gasteiger partial charge in [-0.1, -0.05) is 13.3 Å². The molecule has 1 rings (SSSR count). The number of allylic oxidation sites excluding steroid dienone is 1. The molecule has 0 aromatic heterocycles. The number of hydrogen-bond acceptors (Lipinski definition) is 4. The summed E-state index contributed by atoms with van der Waals surface area (Å²) in [5.41, 5.74) is -1.29. The third-order valence-electron chi connectivity index (χ3n) is 3.21. The summed E-state index contributed by atoms with van der Waals surface area (Å²) in [6, 6.07) is 0. The Labute approximate surface area is 108 Å². The monoisotopic (exact) mass is 254 g/mol. The van der Waals surface area contributed by atoms with Gasteiger partial charge in [0.25, 0.3) is 0 Å².